The van der Waals surface area contributed by atoms with Gasteiger partial charge in [0.25, 0.3) is 0 Å². The smallest absolute Gasteiger partial charge is 0.394 e. The molecule has 0 bridgehead atoms. The largest absolute Gasteiger partial charge is 0.481 e. The Kier molecular flexibility index (Phi) is 15.4. The van der Waals surface area contributed by atoms with Crippen LogP contribution in [0.1, 0.15) is 157 Å². The van der Waals surface area contributed by atoms with Crippen molar-refractivity contribution in [3.05, 3.63) is 0 Å². The summed E-state index contributed by atoms with van der Waals surface area (Å²) in [5.74, 6) is 1.86. The molecule has 0 aromatic carbocycles. The van der Waals surface area contributed by atoms with E-state index in [2.05, 4.69) is 41.5 Å². The van der Waals surface area contributed by atoms with Crippen LogP contribution in [0.4, 0.5) is 0 Å². The van der Waals surface area contributed by atoms with Gasteiger partial charge in [0.2, 0.25) is 0 Å². The van der Waals surface area contributed by atoms with E-state index in [0.29, 0.717) is 73.0 Å². The van der Waals surface area contributed by atoms with E-state index >= 15 is 0 Å². The summed E-state index contributed by atoms with van der Waals surface area (Å²) >= 11 is 0. The zero-order chi connectivity index (χ0) is 47.5. The van der Waals surface area contributed by atoms with Gasteiger partial charge < -0.3 is 30.3 Å². The molecule has 15 heteroatoms. The van der Waals surface area contributed by atoms with Gasteiger partial charge in [-0.25, -0.2) is 0 Å². The molecule has 0 aromatic heterocycles. The summed E-state index contributed by atoms with van der Waals surface area (Å²) in [4.78, 5) is 49.6. The normalized spacial score (nSPS) is 46.7. The molecule has 20 atom stereocenters. The third-order valence-electron chi connectivity index (χ3n) is 20.4. The number of ether oxygens (including phenoxy) is 1. The predicted molar refractivity (Wildman–Crippen MR) is 237 cm³/mol. The number of aliphatic hydroxyl groups is 4. The molecule has 8 aliphatic rings. The average molecular weight is 925 g/mol. The molecule has 8 rings (SSSR count). The lowest BCUT2D eigenvalue weighted by Gasteiger charge is -2.61. The number of methoxy groups -OCH3 is 1. The van der Waals surface area contributed by atoms with E-state index in [0.717, 1.165) is 83.5 Å². The Balaban J connectivity index is 0.000000192. The molecule has 0 saturated heterocycles. The number of ketones is 2. The van der Waals surface area contributed by atoms with E-state index in [4.69, 9.17) is 27.4 Å². The lowest BCUT2D eigenvalue weighted by atomic mass is 9.43. The van der Waals surface area contributed by atoms with E-state index in [-0.39, 0.29) is 75.4 Å². The number of hydrogen-bond donors (Lipinski definition) is 7. The molecule has 8 fully saturated rings. The highest BCUT2D eigenvalue weighted by Gasteiger charge is 2.67. The number of fused-ring (bicyclic) bond motifs is 10. The number of hydrogen-bond acceptors (Lipinski definition) is 11. The van der Waals surface area contributed by atoms with Crippen LogP contribution in [-0.4, -0.2) is 98.1 Å². The fourth-order valence-corrected chi connectivity index (χ4v) is 17.1. The van der Waals surface area contributed by atoms with Crippen LogP contribution in [0.15, 0.2) is 0 Å². The molecule has 0 aliphatic heterocycles. The van der Waals surface area contributed by atoms with Gasteiger partial charge >= 0.3 is 22.3 Å². The molecule has 0 amide bonds. The van der Waals surface area contributed by atoms with E-state index in [9.17, 15) is 39.6 Å². The molecule has 0 aromatic rings. The van der Waals surface area contributed by atoms with E-state index in [1.54, 1.807) is 0 Å². The highest BCUT2D eigenvalue weighted by molar-refractivity contribution is 7.79. The number of Topliss-reactive ketones (excluding diaryl/α,β-unsaturated/α-hetero) is 2. The number of carbonyl (C=O) groups excluding carboxylic acids is 3. The number of carboxylic acid groups (broad SMARTS) is 1. The lowest BCUT2D eigenvalue weighted by Crippen LogP contribution is -2.62. The quantitative estimate of drug-likeness (QED) is 0.0983. The Morgan fingerprint density at radius 1 is 0.594 bits per heavy atom. The molecule has 8 aliphatic carbocycles. The van der Waals surface area contributed by atoms with Crippen molar-refractivity contribution in [1.82, 2.24) is 0 Å². The van der Waals surface area contributed by atoms with Crippen molar-refractivity contribution in [2.45, 2.75) is 182 Å². The molecule has 0 heterocycles. The fourth-order valence-electron chi connectivity index (χ4n) is 17.1. The molecule has 0 unspecified atom stereocenters. The molecule has 7 N–H and O–H groups in total. The highest BCUT2D eigenvalue weighted by atomic mass is 32.3. The maximum atomic E-state index is 13.5. The van der Waals surface area contributed by atoms with Crippen molar-refractivity contribution in [2.24, 2.45) is 92.7 Å². The monoisotopic (exact) mass is 925 g/mol. The summed E-state index contributed by atoms with van der Waals surface area (Å²) < 4.78 is 36.4. The van der Waals surface area contributed by atoms with Gasteiger partial charge in [-0.15, -0.1) is 0 Å². The number of esters is 1. The zero-order valence-corrected chi connectivity index (χ0v) is 40.2. The van der Waals surface area contributed by atoms with Gasteiger partial charge in [0.15, 0.2) is 11.6 Å². The van der Waals surface area contributed by atoms with Crippen molar-refractivity contribution in [3.8, 4) is 0 Å². The Morgan fingerprint density at radius 2 is 0.938 bits per heavy atom. The van der Waals surface area contributed by atoms with E-state index in [1.807, 2.05) is 0 Å². The standard InChI is InChI=1S/C25H40O5.C24H38O5.H2O4S/c1-14(5-8-20(27)30-4)16-6-7-17-21-18(10-12-24(16,17)2)25(3)11-9-15(26)13-19(25)22(28)23(21)29;1-13(4-7-19(26)27)15-5-6-16-20-17(9-11-23(15,16)2)24(3)10-8-14(25)12-18(24)21(28)22(20)29;1-5(2,3)4/h14-19,21-22,26,28H,5-13H2,1-4H3;13-18,20-21,25,28H,4-12H2,1-3H3,(H,26,27);(H2,1,2,3,4)/t14-,15-,16-,17+,18+,19+,21+,22-,24-,25-;13-,14-,15-,16+,17+,18+,20+,21-,23-,24-;/m11./s1. The van der Waals surface area contributed by atoms with Crippen molar-refractivity contribution >= 4 is 33.9 Å². The second-order valence-electron chi connectivity index (χ2n) is 23.2. The third-order valence-corrected chi connectivity index (χ3v) is 20.4. The van der Waals surface area contributed by atoms with E-state index < -0.39 is 34.7 Å². The summed E-state index contributed by atoms with van der Waals surface area (Å²) in [7, 11) is -3.22. The van der Waals surface area contributed by atoms with Gasteiger partial charge in [-0.2, -0.15) is 8.42 Å². The maximum absolute atomic E-state index is 13.5. The minimum absolute atomic E-state index is 0.0290. The summed E-state index contributed by atoms with van der Waals surface area (Å²) in [6.45, 7) is 13.7. The van der Waals surface area contributed by atoms with Crippen LogP contribution in [-0.2, 0) is 34.3 Å². The third kappa shape index (κ3) is 9.53. The van der Waals surface area contributed by atoms with Gasteiger partial charge in [-0.1, -0.05) is 41.5 Å². The molecule has 8 saturated carbocycles. The molecular weight excluding hydrogens is 845 g/mol. The van der Waals surface area contributed by atoms with Crippen LogP contribution in [0, 0.1) is 92.7 Å². The second-order valence-corrected chi connectivity index (χ2v) is 24.1. The minimum atomic E-state index is -4.67. The number of carboxylic acids is 1. The maximum Gasteiger partial charge on any atom is 0.394 e. The first-order valence-electron chi connectivity index (χ1n) is 24.5. The van der Waals surface area contributed by atoms with Crippen molar-refractivity contribution in [3.63, 3.8) is 0 Å². The number of rotatable bonds is 8. The van der Waals surface area contributed by atoms with Crippen molar-refractivity contribution < 1.29 is 67.0 Å². The van der Waals surface area contributed by atoms with Gasteiger partial charge in [0, 0.05) is 36.5 Å². The van der Waals surface area contributed by atoms with Crippen LogP contribution in [0.25, 0.3) is 0 Å². The van der Waals surface area contributed by atoms with Gasteiger partial charge in [-0.05, 0) is 172 Å². The van der Waals surface area contributed by atoms with Crippen LogP contribution >= 0.6 is 0 Å². The summed E-state index contributed by atoms with van der Waals surface area (Å²) in [6.07, 6.45) is 12.5. The SMILES string of the molecule is COC(=O)CC[C@@H](C)[C@H]1CC[C@H]2[C@@H]3C(=O)[C@H](O)[C@@H]4C[C@H](O)CC[C@]4(C)[C@H]3CC[C@]12C.C[C@H](CCC(=O)O)[C@H]1CC[C@H]2[C@@H]3C(=O)[C@H](O)[C@@H]4C[C@H](O)CC[C@]4(C)[C@H]3CC[C@]12C.O=S(=O)(O)O. The Morgan fingerprint density at radius 3 is 1.30 bits per heavy atom. The average Bonchev–Trinajstić information content (AvgIpc) is 3.77. The van der Waals surface area contributed by atoms with Crippen LogP contribution < -0.4 is 0 Å². The van der Waals surface area contributed by atoms with Gasteiger partial charge in [-0.3, -0.25) is 28.3 Å². The first kappa shape index (κ1) is 51.4. The first-order valence-corrected chi connectivity index (χ1v) is 25.9. The predicted octanol–water partition coefficient (Wildman–Crippen LogP) is 6.75. The van der Waals surface area contributed by atoms with Crippen molar-refractivity contribution in [2.75, 3.05) is 7.11 Å². The lowest BCUT2D eigenvalue weighted by molar-refractivity contribution is -0.184. The molecule has 366 valence electrons. The summed E-state index contributed by atoms with van der Waals surface area (Å²) in [5, 5.41) is 51.5. The fraction of sp³-hybridized carbons (Fsp3) is 0.918. The van der Waals surface area contributed by atoms with Crippen LogP contribution in [0.2, 0.25) is 0 Å². The Bertz CT molecular complexity index is 1830. The molecule has 0 radical (unpaired) electrons. The molecule has 0 spiro atoms. The van der Waals surface area contributed by atoms with Gasteiger partial charge in [0.1, 0.15) is 12.2 Å². The van der Waals surface area contributed by atoms with Crippen LogP contribution in [0.3, 0.4) is 0 Å². The molecule has 64 heavy (non-hydrogen) atoms. The number of aliphatic carboxylic acids is 1. The highest BCUT2D eigenvalue weighted by Crippen LogP contribution is 2.69. The van der Waals surface area contributed by atoms with Crippen molar-refractivity contribution in [1.29, 1.82) is 0 Å². The second kappa shape index (κ2) is 19.2. The summed E-state index contributed by atoms with van der Waals surface area (Å²) in [6, 6.07) is 0. The molecule has 14 nitrogen and oxygen atoms in total. The Labute approximate surface area is 381 Å². The minimum Gasteiger partial charge on any atom is -0.481 e. The zero-order valence-electron chi connectivity index (χ0n) is 39.4. The number of aliphatic hydroxyl groups excluding tert-OH is 4. The summed E-state index contributed by atoms with van der Waals surface area (Å²) in [5.41, 5.74) is 0.0496. The number of carbonyl (C=O) groups is 4. The first-order chi connectivity index (χ1) is 29.7. The van der Waals surface area contributed by atoms with E-state index in [1.165, 1.54) is 7.11 Å². The topological polar surface area (TPSA) is 253 Å². The van der Waals surface area contributed by atoms with Gasteiger partial charge in [0.05, 0.1) is 19.3 Å². The Hall–Kier alpha value is -2.01. The van der Waals surface area contributed by atoms with Crippen LogP contribution in [0.5, 0.6) is 0 Å². The molecular formula is C49H80O14S.